The van der Waals surface area contributed by atoms with Crippen molar-refractivity contribution in [3.8, 4) is 11.1 Å². The molecule has 0 amide bonds. The predicted octanol–water partition coefficient (Wildman–Crippen LogP) is 2.26. The predicted molar refractivity (Wildman–Crippen MR) is 124 cm³/mol. The Bertz CT molecular complexity index is 948. The summed E-state index contributed by atoms with van der Waals surface area (Å²) in [6, 6.07) is 12.2. The zero-order valence-electron chi connectivity index (χ0n) is 20.8. The van der Waals surface area contributed by atoms with Gasteiger partial charge in [-0.05, 0) is 0 Å². The van der Waals surface area contributed by atoms with Crippen molar-refractivity contribution in [3.05, 3.63) is 63.7 Å². The molecule has 0 saturated carbocycles. The smallest absolute Gasteiger partial charge is 1.00 e. The van der Waals surface area contributed by atoms with E-state index in [1.165, 1.54) is 44.5 Å². The van der Waals surface area contributed by atoms with Crippen molar-refractivity contribution < 1.29 is 49.5 Å². The van der Waals surface area contributed by atoms with Crippen LogP contribution in [0.1, 0.15) is 101 Å². The summed E-state index contributed by atoms with van der Waals surface area (Å²) in [6.45, 7) is 23.2. The van der Waals surface area contributed by atoms with Crippen LogP contribution in [0.4, 0.5) is 0 Å². The maximum absolute atomic E-state index is 2.48. The molecule has 0 aliphatic heterocycles. The molecule has 0 spiro atoms. The molecule has 0 heterocycles. The molecule has 167 valence electrons. The van der Waals surface area contributed by atoms with Gasteiger partial charge in [-0.1, -0.05) is 0 Å². The van der Waals surface area contributed by atoms with Gasteiger partial charge in [0.1, 0.15) is 0 Å². The quantitative estimate of drug-likeness (QED) is 0.526. The maximum atomic E-state index is 2.48. The van der Waals surface area contributed by atoms with Crippen molar-refractivity contribution in [2.24, 2.45) is 0 Å². The van der Waals surface area contributed by atoms with Gasteiger partial charge in [-0.3, -0.25) is 0 Å². The number of halogens is 2. The van der Waals surface area contributed by atoms with Crippen LogP contribution in [-0.2, 0) is 41.0 Å². The first-order valence-electron chi connectivity index (χ1n) is 10.8. The zero-order chi connectivity index (χ0) is 21.9. The van der Waals surface area contributed by atoms with Crippen molar-refractivity contribution in [1.29, 1.82) is 0 Å². The van der Waals surface area contributed by atoms with E-state index < -0.39 is 0 Å². The molecule has 0 bridgehead atoms. The molecule has 0 radical (unpaired) electrons. The average Bonchev–Trinajstić information content (AvgIpc) is 2.86. The third kappa shape index (κ3) is 5.96. The summed E-state index contributed by atoms with van der Waals surface area (Å²) >= 11 is 1.59. The Labute approximate surface area is 218 Å². The Kier molecular flexibility index (Phi) is 8.77. The molecular formula is C28H37Cl2Zr. The third-order valence-corrected chi connectivity index (χ3v) is 8.08. The first-order valence-corrected chi connectivity index (χ1v) is 12.2. The Balaban J connectivity index is 0.00000240. The molecule has 3 rings (SSSR count). The first kappa shape index (κ1) is 28.7. The number of fused-ring (bicyclic) bond motifs is 1. The molecule has 3 heteroatoms. The third-order valence-electron chi connectivity index (χ3n) is 6.19. The summed E-state index contributed by atoms with van der Waals surface area (Å²) in [5, 5.41) is 0. The van der Waals surface area contributed by atoms with Crippen molar-refractivity contribution in [1.82, 2.24) is 0 Å². The number of benzene rings is 2. The van der Waals surface area contributed by atoms with Crippen LogP contribution in [0.25, 0.3) is 17.2 Å². The normalized spacial score (nSPS) is 16.3. The van der Waals surface area contributed by atoms with Crippen LogP contribution >= 0.6 is 0 Å². The second-order valence-corrected chi connectivity index (χ2v) is 13.3. The maximum Gasteiger partial charge on any atom is -1.00 e. The van der Waals surface area contributed by atoms with Gasteiger partial charge in [0.25, 0.3) is 0 Å². The minimum absolute atomic E-state index is 0. The summed E-state index contributed by atoms with van der Waals surface area (Å²) in [7, 11) is 0. The van der Waals surface area contributed by atoms with E-state index in [1.54, 1.807) is 24.7 Å². The Morgan fingerprint density at radius 1 is 0.645 bits per heavy atom. The number of rotatable bonds is 1. The summed E-state index contributed by atoms with van der Waals surface area (Å²) < 4.78 is 0.589. The van der Waals surface area contributed by atoms with Gasteiger partial charge in [0.05, 0.1) is 0 Å². The van der Waals surface area contributed by atoms with Crippen LogP contribution in [0.3, 0.4) is 0 Å². The Morgan fingerprint density at radius 3 is 1.48 bits per heavy atom. The molecule has 1 aliphatic rings. The second kappa shape index (κ2) is 9.48. The molecule has 2 aromatic rings. The largest absolute Gasteiger partial charge is 1.00 e. The molecule has 0 fully saturated rings. The van der Waals surface area contributed by atoms with Crippen LogP contribution < -0.4 is 24.8 Å². The van der Waals surface area contributed by atoms with E-state index in [0.717, 1.165) is 0 Å². The Hall–Kier alpha value is -0.357. The molecule has 0 aromatic heterocycles. The van der Waals surface area contributed by atoms with Crippen LogP contribution in [0.5, 0.6) is 0 Å². The fourth-order valence-electron chi connectivity index (χ4n) is 3.95. The summed E-state index contributed by atoms with van der Waals surface area (Å²) in [6.07, 6.45) is 2.44. The fourth-order valence-corrected chi connectivity index (χ4v) is 4.74. The minimum atomic E-state index is 0. The molecule has 1 aliphatic carbocycles. The van der Waals surface area contributed by atoms with E-state index in [9.17, 15) is 0 Å². The summed E-state index contributed by atoms with van der Waals surface area (Å²) in [5.41, 5.74) is 12.0. The summed E-state index contributed by atoms with van der Waals surface area (Å²) in [4.78, 5) is 0. The fraction of sp³-hybridized carbons (Fsp3) is 0.500. The van der Waals surface area contributed by atoms with Gasteiger partial charge in [0.2, 0.25) is 0 Å². The second-order valence-electron chi connectivity index (χ2n) is 11.9. The molecule has 31 heavy (non-hydrogen) atoms. The van der Waals surface area contributed by atoms with E-state index in [-0.39, 0.29) is 41.1 Å². The van der Waals surface area contributed by atoms with Crippen LogP contribution in [0.2, 0.25) is 0 Å². The molecule has 1 atom stereocenters. The number of allylic oxidation sites excluding steroid dienone is 1. The first-order chi connectivity index (χ1) is 13.1. The van der Waals surface area contributed by atoms with E-state index in [4.69, 9.17) is 0 Å². The van der Waals surface area contributed by atoms with E-state index in [0.29, 0.717) is 3.63 Å². The summed E-state index contributed by atoms with van der Waals surface area (Å²) in [5.74, 6) is 0. The zero-order valence-corrected chi connectivity index (χ0v) is 24.8. The van der Waals surface area contributed by atoms with Gasteiger partial charge in [-0.15, -0.1) is 0 Å². The van der Waals surface area contributed by atoms with Gasteiger partial charge in [0.15, 0.2) is 0 Å². The van der Waals surface area contributed by atoms with Gasteiger partial charge in [-0.25, -0.2) is 0 Å². The molecular weight excluding hydrogens is 498 g/mol. The molecule has 0 N–H and O–H groups in total. The van der Waals surface area contributed by atoms with Crippen molar-refractivity contribution in [2.75, 3.05) is 0 Å². The molecule has 0 nitrogen and oxygen atoms in total. The van der Waals surface area contributed by atoms with E-state index >= 15 is 0 Å². The van der Waals surface area contributed by atoms with Crippen molar-refractivity contribution in [3.63, 3.8) is 0 Å². The monoisotopic (exact) mass is 533 g/mol. The van der Waals surface area contributed by atoms with Gasteiger partial charge >= 0.3 is 195 Å². The molecule has 1 unspecified atom stereocenters. The van der Waals surface area contributed by atoms with E-state index in [2.05, 4.69) is 106 Å². The van der Waals surface area contributed by atoms with Crippen LogP contribution in [-0.4, -0.2) is 0 Å². The van der Waals surface area contributed by atoms with Crippen molar-refractivity contribution >= 4 is 6.08 Å². The minimum Gasteiger partial charge on any atom is -1.00 e. The van der Waals surface area contributed by atoms with Crippen molar-refractivity contribution in [2.45, 2.75) is 89.1 Å². The number of hydrogen-bond acceptors (Lipinski definition) is 0. The standard InChI is InChI=1S/C28H37.2ClH.Zr/c1-18-11-19-13-23(28(8,9)10)17-25(24(19)12-18)20-14-21(26(2,3)4)16-22(15-20)27(5,6)7;;;/h11-17H,1-10H3;2*1H;/q;;;+2/p-2. The average molecular weight is 536 g/mol. The Morgan fingerprint density at radius 2 is 1.06 bits per heavy atom. The van der Waals surface area contributed by atoms with Crippen LogP contribution in [0.15, 0.2) is 35.9 Å². The molecule has 0 saturated heterocycles. The van der Waals surface area contributed by atoms with E-state index in [1.807, 2.05) is 0 Å². The molecule has 2 aromatic carbocycles. The van der Waals surface area contributed by atoms with Gasteiger partial charge in [0, 0.05) is 0 Å². The van der Waals surface area contributed by atoms with Gasteiger partial charge in [-0.2, -0.15) is 0 Å². The SMILES string of the molecule is CC1=Cc2c(-c3cc(C(C)(C)C)cc(C(C)(C)C)c3)cc(C(C)(C)C)cc2[CH]1[Zr+2].[Cl-].[Cl-]. The topological polar surface area (TPSA) is 0 Å². The van der Waals surface area contributed by atoms with Crippen LogP contribution in [0, 0.1) is 0 Å². The van der Waals surface area contributed by atoms with Gasteiger partial charge < -0.3 is 24.8 Å². The number of hydrogen-bond donors (Lipinski definition) is 0.